The minimum absolute atomic E-state index is 0.120. The maximum absolute atomic E-state index is 9.45. The Labute approximate surface area is 129 Å². The smallest absolute Gasteiger partial charge is 0.134 e. The minimum Gasteiger partial charge on any atom is -0.506 e. The molecule has 1 unspecified atom stereocenters. The van der Waals surface area contributed by atoms with E-state index in [9.17, 15) is 5.11 Å². The summed E-state index contributed by atoms with van der Waals surface area (Å²) in [6.45, 7) is 0. The zero-order valence-electron chi connectivity index (χ0n) is 10.1. The Morgan fingerprint density at radius 2 is 2.21 bits per heavy atom. The lowest BCUT2D eigenvalue weighted by atomic mass is 9.94. The van der Waals surface area contributed by atoms with Gasteiger partial charge in [-0.2, -0.15) is 0 Å². The number of hydrogen-bond donors (Lipinski definition) is 2. The Kier molecular flexibility index (Phi) is 3.74. The van der Waals surface area contributed by atoms with Gasteiger partial charge in [0.1, 0.15) is 5.75 Å². The van der Waals surface area contributed by atoms with Gasteiger partial charge in [-0.05, 0) is 65.0 Å². The Morgan fingerprint density at radius 1 is 1.37 bits per heavy atom. The van der Waals surface area contributed by atoms with Crippen LogP contribution >= 0.6 is 38.9 Å². The summed E-state index contributed by atoms with van der Waals surface area (Å²) < 4.78 is 1.19. The summed E-state index contributed by atoms with van der Waals surface area (Å²) in [4.78, 5) is 1.46. The number of rotatable bonds is 2. The molecule has 100 valence electrons. The molecule has 1 aliphatic carbocycles. The normalized spacial score (nSPS) is 18.1. The largest absolute Gasteiger partial charge is 0.506 e. The van der Waals surface area contributed by atoms with Crippen molar-refractivity contribution in [2.45, 2.75) is 25.3 Å². The van der Waals surface area contributed by atoms with Crippen LogP contribution in [0.25, 0.3) is 0 Å². The summed E-state index contributed by atoms with van der Waals surface area (Å²) in [5.41, 5.74) is 2.33. The van der Waals surface area contributed by atoms with Crippen LogP contribution in [0.15, 0.2) is 28.1 Å². The molecule has 1 aromatic carbocycles. The summed E-state index contributed by atoms with van der Waals surface area (Å²) in [5.74, 6) is 0.120. The molecule has 3 rings (SSSR count). The second-order valence-corrected chi connectivity index (χ2v) is 7.61. The first-order chi connectivity index (χ1) is 9.13. The number of hydrogen-bond acceptors (Lipinski definition) is 3. The fourth-order valence-corrected chi connectivity index (χ4v) is 4.47. The van der Waals surface area contributed by atoms with Crippen molar-refractivity contribution in [1.29, 1.82) is 0 Å². The monoisotopic (exact) mass is 357 g/mol. The van der Waals surface area contributed by atoms with Crippen LogP contribution in [0.4, 0.5) is 5.69 Å². The van der Waals surface area contributed by atoms with Crippen LogP contribution in [0.1, 0.15) is 29.3 Å². The topological polar surface area (TPSA) is 32.3 Å². The first kappa shape index (κ1) is 13.3. The van der Waals surface area contributed by atoms with Crippen LogP contribution in [0, 0.1) is 0 Å². The zero-order valence-corrected chi connectivity index (χ0v) is 13.3. The maximum atomic E-state index is 9.45. The van der Waals surface area contributed by atoms with Crippen molar-refractivity contribution in [2.24, 2.45) is 0 Å². The number of thiophene rings is 1. The van der Waals surface area contributed by atoms with E-state index in [1.54, 1.807) is 12.1 Å². The molecule has 0 saturated heterocycles. The average molecular weight is 359 g/mol. The number of nitrogens with one attached hydrogen (secondary N) is 1. The molecule has 1 atom stereocenters. The molecule has 0 radical (unpaired) electrons. The number of phenols is 1. The molecule has 2 aromatic rings. The molecule has 19 heavy (non-hydrogen) atoms. The molecule has 1 aromatic heterocycles. The number of benzene rings is 1. The second-order valence-electron chi connectivity index (χ2n) is 4.68. The van der Waals surface area contributed by atoms with Gasteiger partial charge in [-0.15, -0.1) is 11.3 Å². The first-order valence-corrected chi connectivity index (χ1v) is 8.15. The van der Waals surface area contributed by atoms with Gasteiger partial charge in [0.05, 0.1) is 14.9 Å². The fraction of sp³-hybridized carbons (Fsp3) is 0.286. The molecule has 0 amide bonds. The van der Waals surface area contributed by atoms with Crippen molar-refractivity contribution in [3.63, 3.8) is 0 Å². The highest BCUT2D eigenvalue weighted by atomic mass is 79.9. The number of anilines is 1. The zero-order chi connectivity index (χ0) is 13.4. The quantitative estimate of drug-likeness (QED) is 0.708. The number of fused-ring (bicyclic) bond motifs is 1. The average Bonchev–Trinajstić information content (AvgIpc) is 2.75. The number of halogens is 2. The third-order valence-corrected chi connectivity index (χ3v) is 5.39. The lowest BCUT2D eigenvalue weighted by Crippen LogP contribution is -2.15. The van der Waals surface area contributed by atoms with Crippen LogP contribution < -0.4 is 5.32 Å². The third-order valence-electron chi connectivity index (χ3n) is 3.37. The molecule has 0 spiro atoms. The summed E-state index contributed by atoms with van der Waals surface area (Å²) in [6.07, 6.45) is 3.48. The van der Waals surface area contributed by atoms with Gasteiger partial charge < -0.3 is 10.4 Å². The molecule has 0 saturated carbocycles. The van der Waals surface area contributed by atoms with Gasteiger partial charge in [-0.1, -0.05) is 11.6 Å². The van der Waals surface area contributed by atoms with Gasteiger partial charge in [0.15, 0.2) is 0 Å². The molecule has 1 heterocycles. The van der Waals surface area contributed by atoms with Crippen LogP contribution in [-0.2, 0) is 6.42 Å². The Morgan fingerprint density at radius 3 is 3.00 bits per heavy atom. The molecule has 0 aliphatic heterocycles. The van der Waals surface area contributed by atoms with Crippen molar-refractivity contribution in [1.82, 2.24) is 0 Å². The molecule has 0 bridgehead atoms. The van der Waals surface area contributed by atoms with E-state index in [4.69, 9.17) is 11.6 Å². The number of aryl methyl sites for hydroxylation is 1. The van der Waals surface area contributed by atoms with Crippen LogP contribution in [0.5, 0.6) is 5.75 Å². The van der Waals surface area contributed by atoms with Gasteiger partial charge in [0.25, 0.3) is 0 Å². The summed E-state index contributed by atoms with van der Waals surface area (Å²) in [6, 6.07) is 7.78. The maximum Gasteiger partial charge on any atom is 0.134 e. The van der Waals surface area contributed by atoms with Crippen molar-refractivity contribution < 1.29 is 5.11 Å². The van der Waals surface area contributed by atoms with Crippen LogP contribution in [0.2, 0.25) is 5.02 Å². The molecule has 2 nitrogen and oxygen atoms in total. The van der Waals surface area contributed by atoms with E-state index in [-0.39, 0.29) is 5.75 Å². The summed E-state index contributed by atoms with van der Waals surface area (Å²) in [5, 5.41) is 13.3. The Balaban J connectivity index is 1.86. The third kappa shape index (κ3) is 2.76. The molecule has 2 N–H and O–H groups in total. The number of phenolic OH excluding ortho intramolecular Hbond substituents is 1. The lowest BCUT2D eigenvalue weighted by Gasteiger charge is -2.24. The van der Waals surface area contributed by atoms with Gasteiger partial charge in [0.2, 0.25) is 0 Å². The summed E-state index contributed by atoms with van der Waals surface area (Å²) in [7, 11) is 0. The lowest BCUT2D eigenvalue weighted by molar-refractivity contribution is 0.475. The van der Waals surface area contributed by atoms with Crippen LogP contribution in [0.3, 0.4) is 0 Å². The second kappa shape index (κ2) is 5.35. The first-order valence-electron chi connectivity index (χ1n) is 6.16. The molecule has 5 heteroatoms. The summed E-state index contributed by atoms with van der Waals surface area (Å²) >= 11 is 11.3. The molecular weight excluding hydrogens is 346 g/mol. The minimum atomic E-state index is 0.120. The van der Waals surface area contributed by atoms with E-state index in [0.717, 1.165) is 12.1 Å². The van der Waals surface area contributed by atoms with Gasteiger partial charge in [-0.25, -0.2) is 0 Å². The van der Waals surface area contributed by atoms with Gasteiger partial charge >= 0.3 is 0 Å². The van der Waals surface area contributed by atoms with E-state index < -0.39 is 0 Å². The van der Waals surface area contributed by atoms with E-state index in [1.165, 1.54) is 27.1 Å². The van der Waals surface area contributed by atoms with Gasteiger partial charge in [-0.3, -0.25) is 0 Å². The fourth-order valence-electron chi connectivity index (χ4n) is 2.47. The molecular formula is C14H13BrClNOS. The van der Waals surface area contributed by atoms with E-state index >= 15 is 0 Å². The van der Waals surface area contributed by atoms with E-state index in [0.29, 0.717) is 11.1 Å². The Hall–Kier alpha value is -0.710. The van der Waals surface area contributed by atoms with Gasteiger partial charge in [0, 0.05) is 10.6 Å². The SMILES string of the molecule is Oc1ccc(NC2CCCc3sc(Br)cc32)cc1Cl. The highest BCUT2D eigenvalue weighted by Gasteiger charge is 2.22. The van der Waals surface area contributed by atoms with Crippen molar-refractivity contribution in [3.8, 4) is 5.75 Å². The molecule has 0 fully saturated rings. The van der Waals surface area contributed by atoms with Crippen molar-refractivity contribution in [2.75, 3.05) is 5.32 Å². The predicted octanol–water partition coefficient (Wildman–Crippen LogP) is 5.36. The van der Waals surface area contributed by atoms with Crippen molar-refractivity contribution in [3.05, 3.63) is 43.5 Å². The standard InChI is InChI=1S/C14H13BrClNOS/c15-14-7-9-11(2-1-3-13(9)19-14)17-8-4-5-12(18)10(16)6-8/h4-7,11,17-18H,1-3H2. The van der Waals surface area contributed by atoms with E-state index in [2.05, 4.69) is 27.3 Å². The molecule has 1 aliphatic rings. The van der Waals surface area contributed by atoms with Crippen LogP contribution in [-0.4, -0.2) is 5.11 Å². The highest BCUT2D eigenvalue weighted by molar-refractivity contribution is 9.11. The number of aromatic hydroxyl groups is 1. The van der Waals surface area contributed by atoms with Crippen molar-refractivity contribution >= 4 is 44.6 Å². The predicted molar refractivity (Wildman–Crippen MR) is 84.4 cm³/mol. The Bertz CT molecular complexity index is 613. The highest BCUT2D eigenvalue weighted by Crippen LogP contribution is 2.40. The van der Waals surface area contributed by atoms with E-state index in [1.807, 2.05) is 17.4 Å².